The molecule has 8 nitrogen and oxygen atoms in total. The maximum Gasteiger partial charge on any atom is 0.248 e. The van der Waals surface area contributed by atoms with Crippen LogP contribution in [0, 0.1) is 12.7 Å². The molecule has 0 aliphatic heterocycles. The lowest BCUT2D eigenvalue weighted by Gasteiger charge is -2.24. The molecule has 0 aliphatic carbocycles. The molecule has 140 valence electrons. The van der Waals surface area contributed by atoms with Gasteiger partial charge in [0, 0.05) is 19.5 Å². The summed E-state index contributed by atoms with van der Waals surface area (Å²) in [6.07, 6.45) is 0.207. The Kier molecular flexibility index (Phi) is 6.37. The van der Waals surface area contributed by atoms with Crippen molar-refractivity contribution >= 4 is 11.8 Å². The molecule has 0 saturated carbocycles. The summed E-state index contributed by atoms with van der Waals surface area (Å²) in [5.74, 6) is -0.510. The van der Waals surface area contributed by atoms with Crippen LogP contribution in [0.5, 0.6) is 0 Å². The maximum atomic E-state index is 13.5. The molecule has 1 heterocycles. The number of benzene rings is 1. The third kappa shape index (κ3) is 5.08. The van der Waals surface area contributed by atoms with Crippen molar-refractivity contribution in [1.82, 2.24) is 30.4 Å². The molecule has 1 atom stereocenters. The number of nitrogens with one attached hydrogen (secondary N) is 1. The first-order valence-electron chi connectivity index (χ1n) is 8.31. The number of halogens is 1. The zero-order chi connectivity index (χ0) is 19.3. The Labute approximate surface area is 151 Å². The number of likely N-dealkylation sites (N-methyl/N-ethyl adjacent to an activating group) is 1. The second-order valence-electron chi connectivity index (χ2n) is 6.44. The van der Waals surface area contributed by atoms with Gasteiger partial charge in [0.1, 0.15) is 17.7 Å². The Balaban J connectivity index is 2.21. The first-order valence-corrected chi connectivity index (χ1v) is 8.31. The van der Waals surface area contributed by atoms with Crippen molar-refractivity contribution < 1.29 is 14.0 Å². The van der Waals surface area contributed by atoms with Crippen molar-refractivity contribution in [1.29, 1.82) is 0 Å². The van der Waals surface area contributed by atoms with Crippen LogP contribution in [0.4, 0.5) is 4.39 Å². The summed E-state index contributed by atoms with van der Waals surface area (Å²) in [5.41, 5.74) is 0.637. The quantitative estimate of drug-likeness (QED) is 0.789. The number of hydrogen-bond acceptors (Lipinski definition) is 5. The lowest BCUT2D eigenvalue weighted by molar-refractivity contribution is -0.137. The van der Waals surface area contributed by atoms with E-state index in [1.807, 2.05) is 13.8 Å². The number of aryl methyl sites for hydroxylation is 1. The molecule has 0 bridgehead atoms. The van der Waals surface area contributed by atoms with Gasteiger partial charge in [-0.1, -0.05) is 12.1 Å². The van der Waals surface area contributed by atoms with Crippen LogP contribution < -0.4 is 5.32 Å². The second kappa shape index (κ2) is 8.50. The number of rotatable bonds is 7. The lowest BCUT2D eigenvalue weighted by atomic mass is 10.0. The van der Waals surface area contributed by atoms with Crippen LogP contribution >= 0.6 is 0 Å². The molecule has 0 fully saturated rings. The van der Waals surface area contributed by atoms with Crippen molar-refractivity contribution in [2.24, 2.45) is 0 Å². The number of carbonyl (C=O) groups is 2. The maximum absolute atomic E-state index is 13.5. The molecule has 0 unspecified atom stereocenters. The van der Waals surface area contributed by atoms with Crippen LogP contribution in [0.2, 0.25) is 0 Å². The van der Waals surface area contributed by atoms with Gasteiger partial charge in [-0.25, -0.2) is 9.07 Å². The van der Waals surface area contributed by atoms with Gasteiger partial charge in [-0.3, -0.25) is 9.59 Å². The molecule has 0 aliphatic rings. The molecule has 0 radical (unpaired) electrons. The third-order valence-corrected chi connectivity index (χ3v) is 3.76. The Morgan fingerprint density at radius 1 is 1.35 bits per heavy atom. The summed E-state index contributed by atoms with van der Waals surface area (Å²) >= 11 is 0. The van der Waals surface area contributed by atoms with Crippen LogP contribution in [-0.4, -0.2) is 56.6 Å². The average molecular weight is 362 g/mol. The van der Waals surface area contributed by atoms with Crippen molar-refractivity contribution in [3.05, 3.63) is 41.5 Å². The van der Waals surface area contributed by atoms with Crippen LogP contribution in [-0.2, 0) is 16.0 Å². The van der Waals surface area contributed by atoms with E-state index in [1.54, 1.807) is 26.1 Å². The van der Waals surface area contributed by atoms with Crippen molar-refractivity contribution in [2.75, 3.05) is 13.6 Å². The predicted octanol–water partition coefficient (Wildman–Crippen LogP) is 0.887. The summed E-state index contributed by atoms with van der Waals surface area (Å²) in [7, 11) is 1.54. The van der Waals surface area contributed by atoms with E-state index in [2.05, 4.69) is 20.8 Å². The zero-order valence-corrected chi connectivity index (χ0v) is 15.3. The minimum absolute atomic E-state index is 0.0177. The predicted molar refractivity (Wildman–Crippen MR) is 92.6 cm³/mol. The summed E-state index contributed by atoms with van der Waals surface area (Å²) in [6, 6.07) is 5.23. The summed E-state index contributed by atoms with van der Waals surface area (Å²) < 4.78 is 14.9. The Bertz CT molecular complexity index is 776. The van der Waals surface area contributed by atoms with Crippen LogP contribution in [0.1, 0.15) is 31.3 Å². The summed E-state index contributed by atoms with van der Waals surface area (Å²) in [5, 5.41) is 14.0. The summed E-state index contributed by atoms with van der Waals surface area (Å²) in [4.78, 5) is 26.2. The minimum atomic E-state index is -0.774. The Morgan fingerprint density at radius 3 is 2.65 bits per heavy atom. The van der Waals surface area contributed by atoms with E-state index in [0.29, 0.717) is 11.4 Å². The fourth-order valence-corrected chi connectivity index (χ4v) is 2.61. The van der Waals surface area contributed by atoms with E-state index >= 15 is 0 Å². The van der Waals surface area contributed by atoms with Gasteiger partial charge in [0.05, 0.1) is 6.54 Å². The van der Waals surface area contributed by atoms with Crippen LogP contribution in [0.3, 0.4) is 0 Å². The number of aromatic nitrogens is 4. The Morgan fingerprint density at radius 2 is 2.08 bits per heavy atom. The zero-order valence-electron chi connectivity index (χ0n) is 15.3. The first-order chi connectivity index (χ1) is 12.3. The van der Waals surface area contributed by atoms with Crippen molar-refractivity contribution in [3.8, 4) is 0 Å². The van der Waals surface area contributed by atoms with Crippen molar-refractivity contribution in [3.63, 3.8) is 0 Å². The highest BCUT2D eigenvalue weighted by Gasteiger charge is 2.28. The van der Waals surface area contributed by atoms with Gasteiger partial charge in [0.15, 0.2) is 0 Å². The molecule has 9 heteroatoms. The molecule has 0 spiro atoms. The van der Waals surface area contributed by atoms with Gasteiger partial charge < -0.3 is 10.2 Å². The van der Waals surface area contributed by atoms with Crippen molar-refractivity contribution in [2.45, 2.75) is 39.3 Å². The van der Waals surface area contributed by atoms with E-state index in [4.69, 9.17) is 0 Å². The monoisotopic (exact) mass is 362 g/mol. The number of tetrazole rings is 1. The topological polar surface area (TPSA) is 93.0 Å². The molecular weight excluding hydrogens is 339 g/mol. The van der Waals surface area contributed by atoms with Gasteiger partial charge in [0.2, 0.25) is 11.8 Å². The van der Waals surface area contributed by atoms with E-state index in [-0.39, 0.29) is 36.6 Å². The van der Waals surface area contributed by atoms with E-state index in [1.165, 1.54) is 21.7 Å². The SMILES string of the molecule is Cc1nnnn1[C@H](Cc1cccc(F)c1)C(=O)N(C)CC(=O)NC(C)C. The highest BCUT2D eigenvalue weighted by atomic mass is 19.1. The number of hydrogen-bond donors (Lipinski definition) is 1. The second-order valence-corrected chi connectivity index (χ2v) is 6.44. The van der Waals surface area contributed by atoms with Gasteiger partial charge >= 0.3 is 0 Å². The molecule has 26 heavy (non-hydrogen) atoms. The number of carbonyl (C=O) groups excluding carboxylic acids is 2. The number of amides is 2. The smallest absolute Gasteiger partial charge is 0.248 e. The molecule has 1 aromatic carbocycles. The van der Waals surface area contributed by atoms with E-state index < -0.39 is 6.04 Å². The van der Waals surface area contributed by atoms with Gasteiger partial charge in [-0.15, -0.1) is 5.10 Å². The molecule has 0 saturated heterocycles. The van der Waals surface area contributed by atoms with Crippen LogP contribution in [0.25, 0.3) is 0 Å². The largest absolute Gasteiger partial charge is 0.352 e. The minimum Gasteiger partial charge on any atom is -0.352 e. The number of nitrogens with zero attached hydrogens (tertiary/aromatic N) is 5. The van der Waals surface area contributed by atoms with E-state index in [0.717, 1.165) is 0 Å². The third-order valence-electron chi connectivity index (χ3n) is 3.76. The molecule has 2 rings (SSSR count). The lowest BCUT2D eigenvalue weighted by Crippen LogP contribution is -2.44. The first kappa shape index (κ1) is 19.5. The highest BCUT2D eigenvalue weighted by molar-refractivity contribution is 5.86. The molecular formula is C17H23FN6O2. The van der Waals surface area contributed by atoms with Gasteiger partial charge in [0.25, 0.3) is 0 Å². The van der Waals surface area contributed by atoms with Gasteiger partial charge in [-0.2, -0.15) is 0 Å². The summed E-state index contributed by atoms with van der Waals surface area (Å²) in [6.45, 7) is 5.28. The van der Waals surface area contributed by atoms with Crippen LogP contribution in [0.15, 0.2) is 24.3 Å². The highest BCUT2D eigenvalue weighted by Crippen LogP contribution is 2.18. The van der Waals surface area contributed by atoms with E-state index in [9.17, 15) is 14.0 Å². The normalized spacial score (nSPS) is 12.1. The van der Waals surface area contributed by atoms with Gasteiger partial charge in [-0.05, 0) is 48.9 Å². The molecule has 2 amide bonds. The Hall–Kier alpha value is -2.84. The average Bonchev–Trinajstić information content (AvgIpc) is 2.97. The fourth-order valence-electron chi connectivity index (χ4n) is 2.61. The molecule has 1 N–H and O–H groups in total. The standard InChI is InChI=1S/C17H23FN6O2/c1-11(2)19-16(25)10-23(4)17(26)15(24-12(3)20-21-22-24)9-13-6-5-7-14(18)8-13/h5-8,11,15H,9-10H2,1-4H3,(H,19,25)/t15-/m1/s1. The molecule has 2 aromatic rings. The molecule has 1 aromatic heterocycles. The fraction of sp³-hybridized carbons (Fsp3) is 0.471.